The number of carbonyl (C=O) groups is 1. The lowest BCUT2D eigenvalue weighted by Crippen LogP contribution is -2.26. The van der Waals surface area contributed by atoms with Crippen molar-refractivity contribution in [2.75, 3.05) is 20.3 Å². The van der Waals surface area contributed by atoms with Crippen LogP contribution in [0.2, 0.25) is 5.02 Å². The van der Waals surface area contributed by atoms with Gasteiger partial charge in [-0.05, 0) is 49.2 Å². The molecule has 0 bridgehead atoms. The number of rotatable bonds is 8. The topological polar surface area (TPSA) is 38.8 Å². The summed E-state index contributed by atoms with van der Waals surface area (Å²) in [5.41, 5.74) is 1.59. The highest BCUT2D eigenvalue weighted by atomic mass is 35.5. The Morgan fingerprint density at radius 1 is 1.04 bits per heavy atom. The van der Waals surface area contributed by atoms with Gasteiger partial charge in [0.25, 0.3) is 5.91 Å². The van der Waals surface area contributed by atoms with Crippen molar-refractivity contribution in [1.82, 2.24) is 4.90 Å². The number of carbonyl (C=O) groups excluding carboxylic acids is 1. The second-order valence-electron chi connectivity index (χ2n) is 5.73. The molecule has 2 aromatic rings. The Labute approximate surface area is 154 Å². The van der Waals surface area contributed by atoms with Gasteiger partial charge in [-0.15, -0.1) is 0 Å². The number of amides is 1. The molecule has 0 aliphatic carbocycles. The lowest BCUT2D eigenvalue weighted by Gasteiger charge is -2.19. The molecule has 0 fully saturated rings. The summed E-state index contributed by atoms with van der Waals surface area (Å²) in [5.74, 6) is 1.19. The van der Waals surface area contributed by atoms with Crippen LogP contribution in [0, 0.1) is 0 Å². The third kappa shape index (κ3) is 5.40. The molecule has 0 unspecified atom stereocenters. The van der Waals surface area contributed by atoms with Gasteiger partial charge in [-0.2, -0.15) is 0 Å². The third-order valence-corrected chi connectivity index (χ3v) is 3.88. The fraction of sp³-hybridized carbons (Fsp3) is 0.350. The van der Waals surface area contributed by atoms with E-state index in [4.69, 9.17) is 21.1 Å². The molecular weight excluding hydrogens is 338 g/mol. The predicted molar refractivity (Wildman–Crippen MR) is 101 cm³/mol. The van der Waals surface area contributed by atoms with Gasteiger partial charge in [-0.1, -0.05) is 30.7 Å². The van der Waals surface area contributed by atoms with Crippen molar-refractivity contribution in [2.24, 2.45) is 0 Å². The van der Waals surface area contributed by atoms with Crippen LogP contribution in [0.1, 0.15) is 36.2 Å². The Balaban J connectivity index is 2.13. The van der Waals surface area contributed by atoms with Crippen molar-refractivity contribution < 1.29 is 14.3 Å². The molecule has 2 aromatic carbocycles. The van der Waals surface area contributed by atoms with Gasteiger partial charge in [0.1, 0.15) is 0 Å². The van der Waals surface area contributed by atoms with Crippen LogP contribution in [0.5, 0.6) is 11.5 Å². The van der Waals surface area contributed by atoms with E-state index in [1.54, 1.807) is 30.1 Å². The Bertz CT molecular complexity index is 701. The van der Waals surface area contributed by atoms with Crippen LogP contribution >= 0.6 is 11.6 Å². The van der Waals surface area contributed by atoms with Gasteiger partial charge < -0.3 is 14.4 Å². The molecule has 25 heavy (non-hydrogen) atoms. The molecule has 0 atom stereocenters. The first kappa shape index (κ1) is 19.1. The fourth-order valence-electron chi connectivity index (χ4n) is 2.40. The summed E-state index contributed by atoms with van der Waals surface area (Å²) < 4.78 is 11.3. The van der Waals surface area contributed by atoms with Gasteiger partial charge in [0.15, 0.2) is 11.5 Å². The lowest BCUT2D eigenvalue weighted by molar-refractivity contribution is 0.0784. The summed E-state index contributed by atoms with van der Waals surface area (Å²) in [4.78, 5) is 14.4. The molecular formula is C20H24ClNO3. The van der Waals surface area contributed by atoms with Gasteiger partial charge >= 0.3 is 0 Å². The summed E-state index contributed by atoms with van der Waals surface area (Å²) in [5, 5.41) is 0.682. The number of hydrogen-bond acceptors (Lipinski definition) is 3. The van der Waals surface area contributed by atoms with Crippen molar-refractivity contribution in [3.05, 3.63) is 58.6 Å². The molecule has 5 heteroatoms. The van der Waals surface area contributed by atoms with Crippen LogP contribution in [0.15, 0.2) is 42.5 Å². The fourth-order valence-corrected chi connectivity index (χ4v) is 2.52. The number of benzene rings is 2. The number of ether oxygens (including phenoxy) is 2. The summed E-state index contributed by atoms with van der Waals surface area (Å²) in [6, 6.07) is 12.8. The SMILES string of the molecule is CCCOc1ccc(C(=O)N(C)Cc2ccc(Cl)cc2)cc1OCC. The van der Waals surface area contributed by atoms with Gasteiger partial charge in [0.2, 0.25) is 0 Å². The van der Waals surface area contributed by atoms with E-state index in [1.807, 2.05) is 38.1 Å². The molecule has 1 amide bonds. The minimum absolute atomic E-state index is 0.0713. The minimum Gasteiger partial charge on any atom is -0.490 e. The Morgan fingerprint density at radius 3 is 2.40 bits per heavy atom. The van der Waals surface area contributed by atoms with E-state index >= 15 is 0 Å². The highest BCUT2D eigenvalue weighted by Crippen LogP contribution is 2.29. The molecule has 0 spiro atoms. The molecule has 2 rings (SSSR count). The van der Waals surface area contributed by atoms with Crippen LogP contribution in [0.3, 0.4) is 0 Å². The zero-order valence-corrected chi connectivity index (χ0v) is 15.7. The molecule has 0 N–H and O–H groups in total. The molecule has 0 aliphatic heterocycles. The predicted octanol–water partition coefficient (Wildman–Crippen LogP) is 4.80. The summed E-state index contributed by atoms with van der Waals surface area (Å²) in [7, 11) is 1.78. The standard InChI is InChI=1S/C20H24ClNO3/c1-4-12-25-18-11-8-16(13-19(18)24-5-2)20(23)22(3)14-15-6-9-17(21)10-7-15/h6-11,13H,4-5,12,14H2,1-3H3. The number of hydrogen-bond donors (Lipinski definition) is 0. The van der Waals surface area contributed by atoms with E-state index in [2.05, 4.69) is 0 Å². The second kappa shape index (κ2) is 9.33. The van der Waals surface area contributed by atoms with Crippen LogP contribution in [0.4, 0.5) is 0 Å². The van der Waals surface area contributed by atoms with Crippen molar-refractivity contribution in [2.45, 2.75) is 26.8 Å². The Hall–Kier alpha value is -2.20. The molecule has 0 aliphatic rings. The average molecular weight is 362 g/mol. The zero-order valence-electron chi connectivity index (χ0n) is 14.9. The number of nitrogens with zero attached hydrogens (tertiary/aromatic N) is 1. The van der Waals surface area contributed by atoms with E-state index in [0.29, 0.717) is 41.8 Å². The quantitative estimate of drug-likeness (QED) is 0.678. The van der Waals surface area contributed by atoms with Gasteiger partial charge in [0.05, 0.1) is 13.2 Å². The highest BCUT2D eigenvalue weighted by molar-refractivity contribution is 6.30. The van der Waals surface area contributed by atoms with Crippen LogP contribution in [-0.2, 0) is 6.54 Å². The average Bonchev–Trinajstić information content (AvgIpc) is 2.62. The van der Waals surface area contributed by atoms with Gasteiger partial charge in [-0.3, -0.25) is 4.79 Å². The maximum atomic E-state index is 12.7. The lowest BCUT2D eigenvalue weighted by atomic mass is 10.1. The zero-order chi connectivity index (χ0) is 18.2. The van der Waals surface area contributed by atoms with Crippen LogP contribution in [0.25, 0.3) is 0 Å². The van der Waals surface area contributed by atoms with Crippen molar-refractivity contribution in [1.29, 1.82) is 0 Å². The van der Waals surface area contributed by atoms with E-state index in [0.717, 1.165) is 12.0 Å². The molecule has 0 aromatic heterocycles. The molecule has 134 valence electrons. The Kier molecular flexibility index (Phi) is 7.14. The highest BCUT2D eigenvalue weighted by Gasteiger charge is 2.15. The van der Waals surface area contributed by atoms with E-state index in [-0.39, 0.29) is 5.91 Å². The summed E-state index contributed by atoms with van der Waals surface area (Å²) in [6.45, 7) is 5.59. The normalized spacial score (nSPS) is 10.4. The third-order valence-electron chi connectivity index (χ3n) is 3.63. The monoisotopic (exact) mass is 361 g/mol. The molecule has 0 saturated carbocycles. The first-order chi connectivity index (χ1) is 12.0. The van der Waals surface area contributed by atoms with Crippen molar-refractivity contribution >= 4 is 17.5 Å². The summed E-state index contributed by atoms with van der Waals surface area (Å²) >= 11 is 5.90. The largest absolute Gasteiger partial charge is 0.490 e. The van der Waals surface area contributed by atoms with Crippen molar-refractivity contribution in [3.63, 3.8) is 0 Å². The van der Waals surface area contributed by atoms with E-state index in [9.17, 15) is 4.79 Å². The maximum Gasteiger partial charge on any atom is 0.254 e. The first-order valence-corrected chi connectivity index (χ1v) is 8.82. The Morgan fingerprint density at radius 2 is 1.76 bits per heavy atom. The van der Waals surface area contributed by atoms with Gasteiger partial charge in [-0.25, -0.2) is 0 Å². The number of halogens is 1. The minimum atomic E-state index is -0.0713. The molecule has 0 saturated heterocycles. The maximum absolute atomic E-state index is 12.7. The van der Waals surface area contributed by atoms with Crippen LogP contribution in [-0.4, -0.2) is 31.1 Å². The first-order valence-electron chi connectivity index (χ1n) is 8.44. The second-order valence-corrected chi connectivity index (χ2v) is 6.17. The van der Waals surface area contributed by atoms with Crippen LogP contribution < -0.4 is 9.47 Å². The smallest absolute Gasteiger partial charge is 0.254 e. The van der Waals surface area contributed by atoms with E-state index < -0.39 is 0 Å². The summed E-state index contributed by atoms with van der Waals surface area (Å²) in [6.07, 6.45) is 0.913. The molecule has 0 radical (unpaired) electrons. The van der Waals surface area contributed by atoms with Gasteiger partial charge in [0, 0.05) is 24.2 Å². The van der Waals surface area contributed by atoms with E-state index in [1.165, 1.54) is 0 Å². The molecule has 0 heterocycles. The van der Waals surface area contributed by atoms with Crippen molar-refractivity contribution in [3.8, 4) is 11.5 Å². The molecule has 4 nitrogen and oxygen atoms in total.